The molecule has 1 fully saturated rings. The number of aromatic nitrogens is 2. The highest BCUT2D eigenvalue weighted by atomic mass is 32.2. The van der Waals surface area contributed by atoms with Crippen LogP contribution in [-0.2, 0) is 18.3 Å². The predicted molar refractivity (Wildman–Crippen MR) is 142 cm³/mol. The summed E-state index contributed by atoms with van der Waals surface area (Å²) in [6.45, 7) is 5.19. The number of piperazine rings is 1. The molecule has 0 atom stereocenters. The highest BCUT2D eigenvalue weighted by molar-refractivity contribution is 7.99. The Kier molecular flexibility index (Phi) is 8.77. The SMILES string of the molecule is CCc1cc(=O)n(C)c(SCCCC(=O)N2CCN(C(c3ccccc3)c3ccccc3)CC2)n1. The number of hydrogen-bond acceptors (Lipinski definition) is 5. The van der Waals surface area contributed by atoms with Crippen molar-refractivity contribution >= 4 is 17.7 Å². The van der Waals surface area contributed by atoms with Crippen LogP contribution in [-0.4, -0.2) is 57.2 Å². The summed E-state index contributed by atoms with van der Waals surface area (Å²) in [6.07, 6.45) is 2.03. The van der Waals surface area contributed by atoms with Crippen LogP contribution in [0.15, 0.2) is 76.7 Å². The molecule has 1 aliphatic heterocycles. The molecule has 35 heavy (non-hydrogen) atoms. The van der Waals surface area contributed by atoms with Crippen molar-refractivity contribution in [2.75, 3.05) is 31.9 Å². The number of benzene rings is 2. The molecule has 1 saturated heterocycles. The zero-order valence-corrected chi connectivity index (χ0v) is 21.4. The predicted octanol–water partition coefficient (Wildman–Crippen LogP) is 4.15. The third-order valence-corrected chi connectivity index (χ3v) is 7.65. The molecule has 4 rings (SSSR count). The molecule has 1 aliphatic rings. The number of aryl methyl sites for hydroxylation is 1. The molecule has 3 aromatic rings. The molecular formula is C28H34N4O2S. The van der Waals surface area contributed by atoms with Crippen LogP contribution in [0.3, 0.4) is 0 Å². The molecule has 0 bridgehead atoms. The van der Waals surface area contributed by atoms with E-state index in [-0.39, 0.29) is 17.5 Å². The number of carbonyl (C=O) groups is 1. The van der Waals surface area contributed by atoms with Crippen molar-refractivity contribution in [1.29, 1.82) is 0 Å². The van der Waals surface area contributed by atoms with Crippen LogP contribution >= 0.6 is 11.8 Å². The van der Waals surface area contributed by atoms with Crippen LogP contribution < -0.4 is 5.56 Å². The normalized spacial score (nSPS) is 14.4. The molecule has 1 aromatic heterocycles. The molecule has 0 N–H and O–H groups in total. The van der Waals surface area contributed by atoms with Crippen molar-refractivity contribution in [1.82, 2.24) is 19.4 Å². The molecule has 2 heterocycles. The summed E-state index contributed by atoms with van der Waals surface area (Å²) in [6, 6.07) is 23.0. The lowest BCUT2D eigenvalue weighted by molar-refractivity contribution is -0.133. The second-order valence-electron chi connectivity index (χ2n) is 8.87. The molecule has 0 unspecified atom stereocenters. The van der Waals surface area contributed by atoms with Gasteiger partial charge >= 0.3 is 0 Å². The Morgan fingerprint density at radius 1 is 0.971 bits per heavy atom. The summed E-state index contributed by atoms with van der Waals surface area (Å²) in [7, 11) is 1.75. The largest absolute Gasteiger partial charge is 0.340 e. The van der Waals surface area contributed by atoms with E-state index >= 15 is 0 Å². The highest BCUT2D eigenvalue weighted by Gasteiger charge is 2.27. The van der Waals surface area contributed by atoms with Crippen molar-refractivity contribution in [2.24, 2.45) is 7.05 Å². The lowest BCUT2D eigenvalue weighted by atomic mass is 9.96. The van der Waals surface area contributed by atoms with E-state index in [9.17, 15) is 9.59 Å². The fraction of sp³-hybridized carbons (Fsp3) is 0.393. The minimum absolute atomic E-state index is 0.0300. The maximum atomic E-state index is 12.9. The first-order valence-electron chi connectivity index (χ1n) is 12.4. The summed E-state index contributed by atoms with van der Waals surface area (Å²) in [5.41, 5.74) is 3.35. The minimum Gasteiger partial charge on any atom is -0.340 e. The summed E-state index contributed by atoms with van der Waals surface area (Å²) in [5, 5.41) is 0.725. The van der Waals surface area contributed by atoms with Gasteiger partial charge in [-0.1, -0.05) is 79.3 Å². The quantitative estimate of drug-likeness (QED) is 0.256. The Labute approximate surface area is 212 Å². The van der Waals surface area contributed by atoms with Gasteiger partial charge in [-0.2, -0.15) is 0 Å². The first-order valence-corrected chi connectivity index (χ1v) is 13.4. The number of amides is 1. The smallest absolute Gasteiger partial charge is 0.254 e. The number of thioether (sulfide) groups is 1. The maximum absolute atomic E-state index is 12.9. The van der Waals surface area contributed by atoms with Gasteiger partial charge in [-0.3, -0.25) is 19.1 Å². The molecule has 0 aliphatic carbocycles. The molecule has 6 nitrogen and oxygen atoms in total. The van der Waals surface area contributed by atoms with E-state index in [0.29, 0.717) is 6.42 Å². The Balaban J connectivity index is 1.29. The monoisotopic (exact) mass is 490 g/mol. The van der Waals surface area contributed by atoms with Gasteiger partial charge in [0.1, 0.15) is 0 Å². The van der Waals surface area contributed by atoms with Crippen molar-refractivity contribution in [3.05, 3.63) is 93.9 Å². The van der Waals surface area contributed by atoms with E-state index in [1.54, 1.807) is 29.4 Å². The lowest BCUT2D eigenvalue weighted by Crippen LogP contribution is -2.49. The Morgan fingerprint density at radius 2 is 1.57 bits per heavy atom. The fourth-order valence-electron chi connectivity index (χ4n) is 4.53. The van der Waals surface area contributed by atoms with E-state index in [2.05, 4.69) is 70.5 Å². The second-order valence-corrected chi connectivity index (χ2v) is 9.94. The maximum Gasteiger partial charge on any atom is 0.254 e. The zero-order valence-electron chi connectivity index (χ0n) is 20.6. The van der Waals surface area contributed by atoms with E-state index < -0.39 is 0 Å². The number of carbonyl (C=O) groups excluding carboxylic acids is 1. The van der Waals surface area contributed by atoms with Crippen LogP contribution in [0, 0.1) is 0 Å². The van der Waals surface area contributed by atoms with Gasteiger partial charge in [0.05, 0.1) is 6.04 Å². The molecule has 0 radical (unpaired) electrons. The van der Waals surface area contributed by atoms with Gasteiger partial charge < -0.3 is 4.90 Å². The van der Waals surface area contributed by atoms with Crippen LogP contribution in [0.5, 0.6) is 0 Å². The average molecular weight is 491 g/mol. The van der Waals surface area contributed by atoms with E-state index in [1.807, 2.05) is 11.8 Å². The van der Waals surface area contributed by atoms with E-state index in [1.165, 1.54) is 11.1 Å². The van der Waals surface area contributed by atoms with Gasteiger partial charge in [-0.25, -0.2) is 4.98 Å². The van der Waals surface area contributed by atoms with Crippen LogP contribution in [0.4, 0.5) is 0 Å². The van der Waals surface area contributed by atoms with Crippen molar-refractivity contribution < 1.29 is 4.79 Å². The highest BCUT2D eigenvalue weighted by Crippen LogP contribution is 2.29. The van der Waals surface area contributed by atoms with Crippen LogP contribution in [0.25, 0.3) is 0 Å². The molecule has 184 valence electrons. The topological polar surface area (TPSA) is 58.4 Å². The summed E-state index contributed by atoms with van der Waals surface area (Å²) in [4.78, 5) is 34.0. The molecule has 1 amide bonds. The third kappa shape index (κ3) is 6.41. The summed E-state index contributed by atoms with van der Waals surface area (Å²) in [5.74, 6) is 0.980. The summed E-state index contributed by atoms with van der Waals surface area (Å²) >= 11 is 1.55. The van der Waals surface area contributed by atoms with Gasteiger partial charge in [0.25, 0.3) is 5.56 Å². The van der Waals surface area contributed by atoms with E-state index in [4.69, 9.17) is 0 Å². The standard InChI is InChI=1S/C28H34N4O2S/c1-3-24-21-26(34)30(2)28(29-24)35-20-10-15-25(33)31-16-18-32(19-17-31)27(22-11-6-4-7-12-22)23-13-8-5-9-14-23/h4-9,11-14,21,27H,3,10,15-20H2,1-2H3. The van der Waals surface area contributed by atoms with E-state index in [0.717, 1.165) is 55.6 Å². The average Bonchev–Trinajstić information content (AvgIpc) is 2.90. The van der Waals surface area contributed by atoms with Crippen molar-refractivity contribution in [2.45, 2.75) is 37.4 Å². The van der Waals surface area contributed by atoms with Crippen LogP contribution in [0.2, 0.25) is 0 Å². The second kappa shape index (κ2) is 12.2. The number of hydrogen-bond donors (Lipinski definition) is 0. The Bertz CT molecular complexity index is 1120. The molecule has 2 aromatic carbocycles. The van der Waals surface area contributed by atoms with Crippen molar-refractivity contribution in [3.8, 4) is 0 Å². The van der Waals surface area contributed by atoms with Crippen LogP contribution in [0.1, 0.15) is 42.6 Å². The Morgan fingerprint density at radius 3 is 2.14 bits per heavy atom. The van der Waals surface area contributed by atoms with Gasteiger partial charge in [-0.05, 0) is 24.0 Å². The summed E-state index contributed by atoms with van der Waals surface area (Å²) < 4.78 is 1.58. The zero-order chi connectivity index (χ0) is 24.6. The molecule has 0 spiro atoms. The molecule has 7 heteroatoms. The van der Waals surface area contributed by atoms with Gasteiger partial charge in [0.2, 0.25) is 5.91 Å². The van der Waals surface area contributed by atoms with Gasteiger partial charge in [0.15, 0.2) is 5.16 Å². The minimum atomic E-state index is -0.0300. The number of nitrogens with zero attached hydrogens (tertiary/aromatic N) is 4. The lowest BCUT2D eigenvalue weighted by Gasteiger charge is -2.40. The fourth-order valence-corrected chi connectivity index (χ4v) is 5.47. The van der Waals surface area contributed by atoms with Gasteiger partial charge in [-0.15, -0.1) is 0 Å². The first kappa shape index (κ1) is 25.2. The number of rotatable bonds is 9. The van der Waals surface area contributed by atoms with Crippen molar-refractivity contribution in [3.63, 3.8) is 0 Å². The third-order valence-electron chi connectivity index (χ3n) is 6.54. The molecule has 0 saturated carbocycles. The Hall–Kier alpha value is -2.90. The first-order chi connectivity index (χ1) is 17.1. The molecular weight excluding hydrogens is 456 g/mol. The van der Waals surface area contributed by atoms with Gasteiger partial charge in [0, 0.05) is 57.2 Å².